The number of aromatic nitrogens is 4. The van der Waals surface area contributed by atoms with Crippen LogP contribution in [0.25, 0.3) is 0 Å². The third-order valence-corrected chi connectivity index (χ3v) is 3.83. The minimum absolute atomic E-state index is 0.619. The van der Waals surface area contributed by atoms with Gasteiger partial charge >= 0.3 is 0 Å². The molecule has 5 nitrogen and oxygen atoms in total. The zero-order valence-electron chi connectivity index (χ0n) is 11.4. The van der Waals surface area contributed by atoms with E-state index in [1.807, 2.05) is 19.4 Å². The standard InChI is InChI=1S/C14H21N5/c1-15-10-14-16-7-9-18(14)11-12-6-8-19(17-12)13-4-2-3-5-13/h6-9,13,15H,2-5,10-11H2,1H3. The minimum atomic E-state index is 0.619. The number of rotatable bonds is 5. The van der Waals surface area contributed by atoms with Gasteiger partial charge in [0.05, 0.1) is 24.8 Å². The van der Waals surface area contributed by atoms with Gasteiger partial charge in [0.25, 0.3) is 0 Å². The molecular formula is C14H21N5. The first-order valence-corrected chi connectivity index (χ1v) is 7.05. The molecule has 1 N–H and O–H groups in total. The Hall–Kier alpha value is -1.62. The highest BCUT2D eigenvalue weighted by atomic mass is 15.3. The van der Waals surface area contributed by atoms with E-state index in [4.69, 9.17) is 5.10 Å². The van der Waals surface area contributed by atoms with Crippen LogP contribution in [0.2, 0.25) is 0 Å². The fraction of sp³-hybridized carbons (Fsp3) is 0.571. The number of nitrogens with one attached hydrogen (secondary N) is 1. The Morgan fingerprint density at radius 1 is 1.32 bits per heavy atom. The Labute approximate surface area is 113 Å². The van der Waals surface area contributed by atoms with Crippen LogP contribution in [0.5, 0.6) is 0 Å². The molecule has 0 spiro atoms. The summed E-state index contributed by atoms with van der Waals surface area (Å²) in [4.78, 5) is 4.35. The normalized spacial score (nSPS) is 16.3. The quantitative estimate of drug-likeness (QED) is 0.893. The van der Waals surface area contributed by atoms with Gasteiger partial charge in [0.1, 0.15) is 5.82 Å². The lowest BCUT2D eigenvalue weighted by atomic mass is 10.3. The molecule has 1 saturated carbocycles. The molecule has 0 atom stereocenters. The zero-order chi connectivity index (χ0) is 13.1. The van der Waals surface area contributed by atoms with Crippen LogP contribution in [0.1, 0.15) is 43.2 Å². The van der Waals surface area contributed by atoms with Crippen molar-refractivity contribution in [2.75, 3.05) is 7.05 Å². The highest BCUT2D eigenvalue weighted by Gasteiger charge is 2.17. The van der Waals surface area contributed by atoms with E-state index < -0.39 is 0 Å². The van der Waals surface area contributed by atoms with Crippen LogP contribution in [-0.2, 0) is 13.1 Å². The molecule has 2 aromatic heterocycles. The van der Waals surface area contributed by atoms with Crippen molar-refractivity contribution in [3.05, 3.63) is 36.2 Å². The number of nitrogens with zero attached hydrogens (tertiary/aromatic N) is 4. The number of hydrogen-bond acceptors (Lipinski definition) is 3. The molecule has 0 radical (unpaired) electrons. The molecule has 1 aliphatic carbocycles. The summed E-state index contributed by atoms with van der Waals surface area (Å²) in [6, 6.07) is 2.75. The van der Waals surface area contributed by atoms with E-state index in [0.29, 0.717) is 6.04 Å². The maximum Gasteiger partial charge on any atom is 0.123 e. The Kier molecular flexibility index (Phi) is 3.64. The smallest absolute Gasteiger partial charge is 0.123 e. The molecule has 0 bridgehead atoms. The zero-order valence-corrected chi connectivity index (χ0v) is 11.4. The SMILES string of the molecule is CNCc1nccn1Cc1ccn(C2CCCC2)n1. The second-order valence-electron chi connectivity index (χ2n) is 5.23. The first-order valence-electron chi connectivity index (χ1n) is 7.05. The van der Waals surface area contributed by atoms with Crippen molar-refractivity contribution in [3.8, 4) is 0 Å². The second-order valence-corrected chi connectivity index (χ2v) is 5.23. The largest absolute Gasteiger partial charge is 0.328 e. The van der Waals surface area contributed by atoms with Crippen molar-refractivity contribution in [2.24, 2.45) is 0 Å². The van der Waals surface area contributed by atoms with Crippen molar-refractivity contribution >= 4 is 0 Å². The van der Waals surface area contributed by atoms with Crippen molar-refractivity contribution in [3.63, 3.8) is 0 Å². The van der Waals surface area contributed by atoms with Gasteiger partial charge in [-0.1, -0.05) is 12.8 Å². The molecule has 19 heavy (non-hydrogen) atoms. The summed E-state index contributed by atoms with van der Waals surface area (Å²) >= 11 is 0. The first kappa shape index (κ1) is 12.4. The van der Waals surface area contributed by atoms with Crippen LogP contribution >= 0.6 is 0 Å². The third kappa shape index (κ3) is 2.71. The van der Waals surface area contributed by atoms with Gasteiger partial charge in [-0.15, -0.1) is 0 Å². The molecule has 1 aliphatic rings. The highest BCUT2D eigenvalue weighted by Crippen LogP contribution is 2.28. The Bertz CT molecular complexity index is 521. The van der Waals surface area contributed by atoms with E-state index in [1.165, 1.54) is 25.7 Å². The van der Waals surface area contributed by atoms with Gasteiger partial charge in [0, 0.05) is 18.6 Å². The monoisotopic (exact) mass is 259 g/mol. The minimum Gasteiger partial charge on any atom is -0.328 e. The van der Waals surface area contributed by atoms with E-state index in [9.17, 15) is 0 Å². The summed E-state index contributed by atoms with van der Waals surface area (Å²) in [6.07, 6.45) is 11.2. The summed E-state index contributed by atoms with van der Waals surface area (Å²) < 4.78 is 4.30. The summed E-state index contributed by atoms with van der Waals surface area (Å²) in [6.45, 7) is 1.59. The molecule has 0 aromatic carbocycles. The van der Waals surface area contributed by atoms with Crippen molar-refractivity contribution in [1.29, 1.82) is 0 Å². The van der Waals surface area contributed by atoms with Gasteiger partial charge in [-0.25, -0.2) is 4.98 Å². The molecule has 1 fully saturated rings. The van der Waals surface area contributed by atoms with Gasteiger partial charge in [-0.2, -0.15) is 5.10 Å². The van der Waals surface area contributed by atoms with Gasteiger partial charge in [-0.3, -0.25) is 4.68 Å². The fourth-order valence-electron chi connectivity index (χ4n) is 2.82. The van der Waals surface area contributed by atoms with Gasteiger partial charge in [0.2, 0.25) is 0 Å². The number of hydrogen-bond donors (Lipinski definition) is 1. The lowest BCUT2D eigenvalue weighted by molar-refractivity contribution is 0.461. The van der Waals surface area contributed by atoms with Crippen LogP contribution in [0.3, 0.4) is 0 Å². The Morgan fingerprint density at radius 3 is 2.95 bits per heavy atom. The first-order chi connectivity index (χ1) is 9.36. The van der Waals surface area contributed by atoms with Crippen LogP contribution < -0.4 is 5.32 Å². The van der Waals surface area contributed by atoms with E-state index >= 15 is 0 Å². The number of imidazole rings is 1. The predicted octanol–water partition coefficient (Wildman–Crippen LogP) is 1.96. The maximum absolute atomic E-state index is 4.72. The molecular weight excluding hydrogens is 238 g/mol. The summed E-state index contributed by atoms with van der Waals surface area (Å²) in [5.74, 6) is 1.05. The maximum atomic E-state index is 4.72. The summed E-state index contributed by atoms with van der Waals surface area (Å²) in [5.41, 5.74) is 1.11. The van der Waals surface area contributed by atoms with Crippen molar-refractivity contribution < 1.29 is 0 Å². The topological polar surface area (TPSA) is 47.7 Å². The molecule has 0 saturated heterocycles. The summed E-state index contributed by atoms with van der Waals surface area (Å²) in [5, 5.41) is 7.85. The molecule has 2 heterocycles. The van der Waals surface area contributed by atoms with Crippen LogP contribution in [0.15, 0.2) is 24.7 Å². The Balaban J connectivity index is 1.70. The van der Waals surface area contributed by atoms with Gasteiger partial charge < -0.3 is 9.88 Å². The molecule has 0 unspecified atom stereocenters. The average Bonchev–Trinajstić information content (AvgIpc) is 3.12. The third-order valence-electron chi connectivity index (χ3n) is 3.83. The molecule has 102 valence electrons. The lowest BCUT2D eigenvalue weighted by Crippen LogP contribution is -2.13. The van der Waals surface area contributed by atoms with Gasteiger partial charge in [0.15, 0.2) is 0 Å². The Morgan fingerprint density at radius 2 is 2.16 bits per heavy atom. The molecule has 5 heteroatoms. The average molecular weight is 259 g/mol. The molecule has 3 rings (SSSR count). The molecule has 0 amide bonds. The highest BCUT2D eigenvalue weighted by molar-refractivity contribution is 5.04. The van der Waals surface area contributed by atoms with Crippen molar-refractivity contribution in [2.45, 2.75) is 44.8 Å². The van der Waals surface area contributed by atoms with Crippen molar-refractivity contribution in [1.82, 2.24) is 24.6 Å². The molecule has 0 aliphatic heterocycles. The van der Waals surface area contributed by atoms with Gasteiger partial charge in [-0.05, 0) is 26.0 Å². The fourth-order valence-corrected chi connectivity index (χ4v) is 2.82. The van der Waals surface area contributed by atoms with Crippen LogP contribution in [-0.4, -0.2) is 26.4 Å². The van der Waals surface area contributed by atoms with E-state index in [1.54, 1.807) is 0 Å². The van der Waals surface area contributed by atoms with E-state index in [0.717, 1.165) is 24.6 Å². The van der Waals surface area contributed by atoms with E-state index in [-0.39, 0.29) is 0 Å². The van der Waals surface area contributed by atoms with Crippen LogP contribution in [0.4, 0.5) is 0 Å². The summed E-state index contributed by atoms with van der Waals surface area (Å²) in [7, 11) is 1.94. The molecule has 2 aromatic rings. The predicted molar refractivity (Wildman–Crippen MR) is 73.8 cm³/mol. The van der Waals surface area contributed by atoms with E-state index in [2.05, 4.69) is 31.8 Å². The van der Waals surface area contributed by atoms with Crippen LogP contribution in [0, 0.1) is 0 Å². The second kappa shape index (κ2) is 5.57. The lowest BCUT2D eigenvalue weighted by Gasteiger charge is -2.09.